The Morgan fingerprint density at radius 2 is 1.73 bits per heavy atom. The highest BCUT2D eigenvalue weighted by atomic mass is 16.5. The fourth-order valence-corrected chi connectivity index (χ4v) is 2.79. The fourth-order valence-electron chi connectivity index (χ4n) is 2.79. The number of esters is 1. The maximum atomic E-state index is 13.0. The largest absolute Gasteiger partial charge is 0.465 e. The van der Waals surface area contributed by atoms with Crippen molar-refractivity contribution in [1.82, 2.24) is 9.88 Å². The van der Waals surface area contributed by atoms with E-state index in [4.69, 9.17) is 4.74 Å². The molecule has 0 spiro atoms. The molecule has 1 aromatic heterocycles. The minimum atomic E-state index is -0.426. The van der Waals surface area contributed by atoms with Crippen LogP contribution in [0.5, 0.6) is 0 Å². The van der Waals surface area contributed by atoms with Crippen molar-refractivity contribution >= 4 is 22.8 Å². The Kier molecular flexibility index (Phi) is 5.27. The molecule has 3 aromatic rings. The molecule has 1 heterocycles. The summed E-state index contributed by atoms with van der Waals surface area (Å²) < 4.78 is 4.93. The molecule has 1 amide bonds. The molecule has 0 fully saturated rings. The van der Waals surface area contributed by atoms with Gasteiger partial charge in [0, 0.05) is 18.0 Å². The average molecular weight is 348 g/mol. The molecule has 0 N–H and O–H groups in total. The van der Waals surface area contributed by atoms with E-state index in [2.05, 4.69) is 4.98 Å². The highest BCUT2D eigenvalue weighted by molar-refractivity contribution is 6.07. The average Bonchev–Trinajstić information content (AvgIpc) is 2.67. The zero-order chi connectivity index (χ0) is 18.5. The Morgan fingerprint density at radius 1 is 1.04 bits per heavy atom. The monoisotopic (exact) mass is 348 g/mol. The number of aromatic nitrogens is 1. The van der Waals surface area contributed by atoms with Crippen molar-refractivity contribution in [2.24, 2.45) is 0 Å². The molecule has 2 aromatic carbocycles. The summed E-state index contributed by atoms with van der Waals surface area (Å²) in [6.07, 6.45) is 0. The van der Waals surface area contributed by atoms with Crippen molar-refractivity contribution in [2.75, 3.05) is 20.2 Å². The molecular formula is C21H20N2O3. The summed E-state index contributed by atoms with van der Waals surface area (Å²) in [5.74, 6) is -0.668. The fraction of sp³-hybridized carbons (Fsp3) is 0.190. The number of carbonyl (C=O) groups is 2. The molecule has 0 bridgehead atoms. The normalized spacial score (nSPS) is 10.5. The van der Waals surface area contributed by atoms with Crippen molar-refractivity contribution in [3.8, 4) is 11.3 Å². The second kappa shape index (κ2) is 7.78. The maximum absolute atomic E-state index is 13.0. The van der Waals surface area contributed by atoms with Gasteiger partial charge in [-0.1, -0.05) is 48.5 Å². The van der Waals surface area contributed by atoms with Crippen LogP contribution in [0, 0.1) is 0 Å². The third-order valence-corrected chi connectivity index (χ3v) is 4.03. The Hall–Kier alpha value is -3.21. The number of fused-ring (bicyclic) bond motifs is 1. The van der Waals surface area contributed by atoms with Gasteiger partial charge in [-0.15, -0.1) is 0 Å². The lowest BCUT2D eigenvalue weighted by atomic mass is 10.0. The number of ether oxygens (including phenoxy) is 1. The number of carbonyl (C=O) groups excluding carboxylic acids is 2. The van der Waals surface area contributed by atoms with Crippen LogP contribution in [-0.4, -0.2) is 42.0 Å². The quantitative estimate of drug-likeness (QED) is 0.662. The smallest absolute Gasteiger partial charge is 0.325 e. The lowest BCUT2D eigenvalue weighted by molar-refractivity contribution is -0.143. The predicted molar refractivity (Wildman–Crippen MR) is 101 cm³/mol. The van der Waals surface area contributed by atoms with Gasteiger partial charge in [0.15, 0.2) is 0 Å². The number of likely N-dealkylation sites (N-methyl/N-ethyl adjacent to an activating group) is 1. The van der Waals surface area contributed by atoms with Gasteiger partial charge in [-0.3, -0.25) is 9.59 Å². The van der Waals surface area contributed by atoms with Crippen molar-refractivity contribution < 1.29 is 14.3 Å². The Bertz CT molecular complexity index is 938. The van der Waals surface area contributed by atoms with E-state index in [1.807, 2.05) is 54.6 Å². The summed E-state index contributed by atoms with van der Waals surface area (Å²) in [5, 5.41) is 0.757. The van der Waals surface area contributed by atoms with Crippen molar-refractivity contribution in [2.45, 2.75) is 6.92 Å². The van der Waals surface area contributed by atoms with E-state index >= 15 is 0 Å². The summed E-state index contributed by atoms with van der Waals surface area (Å²) in [4.78, 5) is 30.7. The molecule has 132 valence electrons. The molecule has 0 aliphatic rings. The van der Waals surface area contributed by atoms with Crippen molar-refractivity contribution in [1.29, 1.82) is 0 Å². The number of nitrogens with zero attached hydrogens (tertiary/aromatic N) is 2. The van der Waals surface area contributed by atoms with E-state index in [9.17, 15) is 9.59 Å². The number of amides is 1. The van der Waals surface area contributed by atoms with Crippen molar-refractivity contribution in [3.05, 3.63) is 66.2 Å². The third-order valence-electron chi connectivity index (χ3n) is 4.03. The standard InChI is InChI=1S/C21H20N2O3/c1-3-26-20(24)14-23(2)21(25)17-13-19(15-9-5-4-6-10-15)22-18-12-8-7-11-16(17)18/h4-13H,3,14H2,1-2H3. The van der Waals surface area contributed by atoms with Gasteiger partial charge in [0.05, 0.1) is 23.4 Å². The molecule has 5 heteroatoms. The molecule has 26 heavy (non-hydrogen) atoms. The van der Waals surface area contributed by atoms with Gasteiger partial charge in [0.2, 0.25) is 0 Å². The van der Waals surface area contributed by atoms with E-state index in [0.717, 1.165) is 22.2 Å². The van der Waals surface area contributed by atoms with Gasteiger partial charge in [0.25, 0.3) is 5.91 Å². The van der Waals surface area contributed by atoms with E-state index in [1.165, 1.54) is 4.90 Å². The first-order valence-electron chi connectivity index (χ1n) is 8.46. The summed E-state index contributed by atoms with van der Waals surface area (Å²) in [6, 6.07) is 19.0. The molecule has 0 radical (unpaired) electrons. The summed E-state index contributed by atoms with van der Waals surface area (Å²) in [7, 11) is 1.59. The summed E-state index contributed by atoms with van der Waals surface area (Å²) >= 11 is 0. The van der Waals surface area contributed by atoms with E-state index in [1.54, 1.807) is 20.0 Å². The lowest BCUT2D eigenvalue weighted by Gasteiger charge is -2.18. The van der Waals surface area contributed by atoms with Gasteiger partial charge in [-0.05, 0) is 19.1 Å². The molecule has 0 saturated carbocycles. The lowest BCUT2D eigenvalue weighted by Crippen LogP contribution is -2.33. The van der Waals surface area contributed by atoms with Crippen LogP contribution < -0.4 is 0 Å². The van der Waals surface area contributed by atoms with Crippen LogP contribution in [0.25, 0.3) is 22.2 Å². The second-order valence-corrected chi connectivity index (χ2v) is 5.90. The molecule has 0 aliphatic heterocycles. The minimum Gasteiger partial charge on any atom is -0.465 e. The van der Waals surface area contributed by atoms with Gasteiger partial charge < -0.3 is 9.64 Å². The van der Waals surface area contributed by atoms with Crippen LogP contribution in [0.1, 0.15) is 17.3 Å². The van der Waals surface area contributed by atoms with E-state index in [0.29, 0.717) is 5.56 Å². The first kappa shape index (κ1) is 17.6. The van der Waals surface area contributed by atoms with Crippen LogP contribution in [0.3, 0.4) is 0 Å². The van der Waals surface area contributed by atoms with Gasteiger partial charge in [-0.25, -0.2) is 4.98 Å². The first-order valence-corrected chi connectivity index (χ1v) is 8.46. The predicted octanol–water partition coefficient (Wildman–Crippen LogP) is 3.54. The molecule has 5 nitrogen and oxygen atoms in total. The number of hydrogen-bond acceptors (Lipinski definition) is 4. The first-order chi connectivity index (χ1) is 12.6. The van der Waals surface area contributed by atoms with E-state index in [-0.39, 0.29) is 19.1 Å². The van der Waals surface area contributed by atoms with Crippen LogP contribution in [0.2, 0.25) is 0 Å². The van der Waals surface area contributed by atoms with Gasteiger partial charge in [0.1, 0.15) is 6.54 Å². The Labute approximate surface area is 152 Å². The summed E-state index contributed by atoms with van der Waals surface area (Å²) in [6.45, 7) is 1.93. The SMILES string of the molecule is CCOC(=O)CN(C)C(=O)c1cc(-c2ccccc2)nc2ccccc12. The number of rotatable bonds is 5. The molecule has 0 aliphatic carbocycles. The number of para-hydroxylation sites is 1. The minimum absolute atomic E-state index is 0.0933. The third kappa shape index (κ3) is 3.72. The molecular weight excluding hydrogens is 328 g/mol. The highest BCUT2D eigenvalue weighted by Crippen LogP contribution is 2.25. The van der Waals surface area contributed by atoms with Gasteiger partial charge >= 0.3 is 5.97 Å². The number of hydrogen-bond donors (Lipinski definition) is 0. The molecule has 0 atom stereocenters. The van der Waals surface area contributed by atoms with E-state index < -0.39 is 5.97 Å². The van der Waals surface area contributed by atoms with Crippen LogP contribution in [-0.2, 0) is 9.53 Å². The zero-order valence-electron chi connectivity index (χ0n) is 14.8. The van der Waals surface area contributed by atoms with Crippen LogP contribution >= 0.6 is 0 Å². The maximum Gasteiger partial charge on any atom is 0.325 e. The topological polar surface area (TPSA) is 59.5 Å². The Morgan fingerprint density at radius 3 is 2.46 bits per heavy atom. The molecule has 0 unspecified atom stereocenters. The molecule has 3 rings (SSSR count). The number of benzene rings is 2. The van der Waals surface area contributed by atoms with Crippen LogP contribution in [0.15, 0.2) is 60.7 Å². The van der Waals surface area contributed by atoms with Crippen LogP contribution in [0.4, 0.5) is 0 Å². The Balaban J connectivity index is 2.03. The highest BCUT2D eigenvalue weighted by Gasteiger charge is 2.19. The molecule has 0 saturated heterocycles. The summed E-state index contributed by atoms with van der Waals surface area (Å²) in [5.41, 5.74) is 2.90. The van der Waals surface area contributed by atoms with Gasteiger partial charge in [-0.2, -0.15) is 0 Å². The van der Waals surface area contributed by atoms with Crippen molar-refractivity contribution in [3.63, 3.8) is 0 Å². The number of pyridine rings is 1. The second-order valence-electron chi connectivity index (χ2n) is 5.90. The zero-order valence-corrected chi connectivity index (χ0v) is 14.8.